The molecule has 0 bridgehead atoms. The van der Waals surface area contributed by atoms with Gasteiger partial charge in [-0.05, 0) is 80.5 Å². The predicted molar refractivity (Wildman–Crippen MR) is 131 cm³/mol. The van der Waals surface area contributed by atoms with Crippen LogP contribution in [0.4, 0.5) is 19.0 Å². The van der Waals surface area contributed by atoms with Gasteiger partial charge in [0.2, 0.25) is 0 Å². The van der Waals surface area contributed by atoms with E-state index in [-0.39, 0.29) is 11.5 Å². The van der Waals surface area contributed by atoms with Crippen LogP contribution < -0.4 is 5.32 Å². The summed E-state index contributed by atoms with van der Waals surface area (Å²) in [4.78, 5) is 22.8. The lowest BCUT2D eigenvalue weighted by molar-refractivity contribution is -0.138. The van der Waals surface area contributed by atoms with Crippen LogP contribution >= 0.6 is 0 Å². The number of hydrogen-bond acceptors (Lipinski definition) is 4. The SMILES string of the molecule is Cc1ccccc1C(F)(F)F.Cc1cnc(NCC2CCN(C(=O)c3cccnc3)CC2)cc1C. The molecule has 1 saturated heterocycles. The standard InChI is InChI=1S/C19H24N4O.C8H7F3/c1-14-10-18(21-11-15(14)2)22-12-16-5-8-23(9-6-16)19(24)17-4-3-7-20-13-17;1-6-4-2-3-5-7(6)8(9,10)11/h3-4,7,10-11,13,16H,5-6,8-9,12H2,1-2H3,(H,21,22);2-5H,1H3. The van der Waals surface area contributed by atoms with Gasteiger partial charge < -0.3 is 10.2 Å². The Kier molecular flexibility index (Phi) is 8.84. The number of aromatic nitrogens is 2. The molecule has 3 heterocycles. The van der Waals surface area contributed by atoms with Gasteiger partial charge in [0, 0.05) is 38.2 Å². The van der Waals surface area contributed by atoms with Crippen LogP contribution in [0.3, 0.4) is 0 Å². The van der Waals surface area contributed by atoms with E-state index in [1.54, 1.807) is 24.5 Å². The fraction of sp³-hybridized carbons (Fsp3) is 0.370. The molecule has 1 aliphatic heterocycles. The number of nitrogens with zero attached hydrogens (tertiary/aromatic N) is 3. The van der Waals surface area contributed by atoms with Gasteiger partial charge in [0.15, 0.2) is 0 Å². The molecule has 4 rings (SSSR count). The van der Waals surface area contributed by atoms with Crippen molar-refractivity contribution in [1.82, 2.24) is 14.9 Å². The summed E-state index contributed by atoms with van der Waals surface area (Å²) in [5, 5.41) is 3.43. The first-order valence-corrected chi connectivity index (χ1v) is 11.6. The van der Waals surface area contributed by atoms with Crippen LogP contribution in [0, 0.1) is 26.7 Å². The van der Waals surface area contributed by atoms with Crippen molar-refractivity contribution in [3.8, 4) is 0 Å². The summed E-state index contributed by atoms with van der Waals surface area (Å²) in [6.07, 6.45) is 3.06. The van der Waals surface area contributed by atoms with E-state index in [9.17, 15) is 18.0 Å². The van der Waals surface area contributed by atoms with E-state index in [0.717, 1.165) is 44.4 Å². The number of halogens is 3. The summed E-state index contributed by atoms with van der Waals surface area (Å²) in [6, 6.07) is 11.2. The maximum atomic E-state index is 12.4. The molecule has 0 spiro atoms. The average Bonchev–Trinajstić information content (AvgIpc) is 2.85. The summed E-state index contributed by atoms with van der Waals surface area (Å²) in [6.45, 7) is 8.14. The summed E-state index contributed by atoms with van der Waals surface area (Å²) in [7, 11) is 0. The number of likely N-dealkylation sites (tertiary alicyclic amines) is 1. The predicted octanol–water partition coefficient (Wildman–Crippen LogP) is 6.07. The highest BCUT2D eigenvalue weighted by atomic mass is 19.4. The largest absolute Gasteiger partial charge is 0.416 e. The van der Waals surface area contributed by atoms with Crippen molar-refractivity contribution >= 4 is 11.7 Å². The number of alkyl halides is 3. The van der Waals surface area contributed by atoms with Crippen molar-refractivity contribution in [2.75, 3.05) is 25.0 Å². The van der Waals surface area contributed by atoms with Crippen molar-refractivity contribution in [2.45, 2.75) is 39.8 Å². The molecule has 186 valence electrons. The van der Waals surface area contributed by atoms with E-state index in [2.05, 4.69) is 35.2 Å². The molecule has 1 aromatic carbocycles. The quantitative estimate of drug-likeness (QED) is 0.488. The number of amides is 1. The Labute approximate surface area is 204 Å². The van der Waals surface area contributed by atoms with Crippen LogP contribution in [-0.2, 0) is 6.18 Å². The van der Waals surface area contributed by atoms with E-state index in [1.165, 1.54) is 30.2 Å². The normalized spacial score (nSPS) is 14.2. The first kappa shape index (κ1) is 26.2. The van der Waals surface area contributed by atoms with Crippen LogP contribution in [0.15, 0.2) is 61.1 Å². The third-order valence-electron chi connectivity index (χ3n) is 6.21. The number of piperidine rings is 1. The second-order valence-corrected chi connectivity index (χ2v) is 8.82. The highest BCUT2D eigenvalue weighted by molar-refractivity contribution is 5.93. The van der Waals surface area contributed by atoms with Gasteiger partial charge in [0.1, 0.15) is 5.82 Å². The van der Waals surface area contributed by atoms with E-state index >= 15 is 0 Å². The van der Waals surface area contributed by atoms with Gasteiger partial charge in [0.25, 0.3) is 5.91 Å². The van der Waals surface area contributed by atoms with Crippen LogP contribution in [-0.4, -0.2) is 40.4 Å². The Bertz CT molecular complexity index is 1110. The summed E-state index contributed by atoms with van der Waals surface area (Å²) in [5.74, 6) is 1.60. The zero-order chi connectivity index (χ0) is 25.4. The summed E-state index contributed by atoms with van der Waals surface area (Å²) in [5.41, 5.74) is 2.85. The minimum Gasteiger partial charge on any atom is -0.370 e. The summed E-state index contributed by atoms with van der Waals surface area (Å²) < 4.78 is 36.1. The van der Waals surface area contributed by atoms with Crippen molar-refractivity contribution in [2.24, 2.45) is 5.92 Å². The van der Waals surface area contributed by atoms with Crippen LogP contribution in [0.1, 0.15) is 45.5 Å². The highest BCUT2D eigenvalue weighted by Gasteiger charge is 2.31. The molecule has 2 aromatic heterocycles. The lowest BCUT2D eigenvalue weighted by Gasteiger charge is -2.32. The van der Waals surface area contributed by atoms with E-state index in [1.807, 2.05) is 17.2 Å². The maximum absolute atomic E-state index is 12.4. The molecular weight excluding hydrogens is 453 g/mol. The smallest absolute Gasteiger partial charge is 0.370 e. The molecule has 8 heteroatoms. The minimum atomic E-state index is -4.22. The fourth-order valence-electron chi connectivity index (χ4n) is 3.87. The molecule has 1 fully saturated rings. The topological polar surface area (TPSA) is 58.1 Å². The molecule has 0 saturated carbocycles. The lowest BCUT2D eigenvalue weighted by atomic mass is 9.96. The van der Waals surface area contributed by atoms with Gasteiger partial charge in [-0.2, -0.15) is 13.2 Å². The molecule has 1 amide bonds. The molecule has 0 atom stereocenters. The summed E-state index contributed by atoms with van der Waals surface area (Å²) >= 11 is 0. The fourth-order valence-corrected chi connectivity index (χ4v) is 3.87. The van der Waals surface area contributed by atoms with Crippen LogP contribution in [0.2, 0.25) is 0 Å². The molecule has 0 aliphatic carbocycles. The van der Waals surface area contributed by atoms with E-state index in [0.29, 0.717) is 11.5 Å². The van der Waals surface area contributed by atoms with E-state index in [4.69, 9.17) is 0 Å². The third-order valence-corrected chi connectivity index (χ3v) is 6.21. The monoisotopic (exact) mass is 484 g/mol. The Balaban J connectivity index is 0.000000261. The Morgan fingerprint density at radius 2 is 1.71 bits per heavy atom. The maximum Gasteiger partial charge on any atom is 0.416 e. The molecular formula is C27H31F3N4O. The van der Waals surface area contributed by atoms with Crippen molar-refractivity contribution in [1.29, 1.82) is 0 Å². The number of nitrogens with one attached hydrogen (secondary N) is 1. The zero-order valence-electron chi connectivity index (χ0n) is 20.3. The minimum absolute atomic E-state index is 0.0883. The highest BCUT2D eigenvalue weighted by Crippen LogP contribution is 2.31. The molecule has 0 unspecified atom stereocenters. The Hall–Kier alpha value is -3.42. The van der Waals surface area contributed by atoms with Gasteiger partial charge in [-0.3, -0.25) is 9.78 Å². The van der Waals surface area contributed by atoms with Crippen molar-refractivity contribution < 1.29 is 18.0 Å². The number of anilines is 1. The average molecular weight is 485 g/mol. The zero-order valence-corrected chi connectivity index (χ0v) is 20.3. The van der Waals surface area contributed by atoms with Gasteiger partial charge in [0.05, 0.1) is 11.1 Å². The lowest BCUT2D eigenvalue weighted by Crippen LogP contribution is -2.40. The molecule has 1 N–H and O–H groups in total. The number of aryl methyl sites for hydroxylation is 3. The molecule has 1 aliphatic rings. The first-order chi connectivity index (χ1) is 16.6. The number of carbonyl (C=O) groups is 1. The Morgan fingerprint density at radius 1 is 1.00 bits per heavy atom. The van der Waals surface area contributed by atoms with Crippen molar-refractivity contribution in [3.63, 3.8) is 0 Å². The number of pyridine rings is 2. The molecule has 3 aromatic rings. The second-order valence-electron chi connectivity index (χ2n) is 8.82. The van der Waals surface area contributed by atoms with Crippen LogP contribution in [0.5, 0.6) is 0 Å². The first-order valence-electron chi connectivity index (χ1n) is 11.6. The van der Waals surface area contributed by atoms with Crippen molar-refractivity contribution in [3.05, 3.63) is 88.9 Å². The van der Waals surface area contributed by atoms with Gasteiger partial charge in [-0.1, -0.05) is 18.2 Å². The molecule has 0 radical (unpaired) electrons. The number of hydrogen-bond donors (Lipinski definition) is 1. The number of benzene rings is 1. The van der Waals surface area contributed by atoms with Gasteiger partial charge in [-0.15, -0.1) is 0 Å². The van der Waals surface area contributed by atoms with Crippen LogP contribution in [0.25, 0.3) is 0 Å². The molecule has 5 nitrogen and oxygen atoms in total. The second kappa shape index (κ2) is 11.8. The molecule has 35 heavy (non-hydrogen) atoms. The van der Waals surface area contributed by atoms with Gasteiger partial charge >= 0.3 is 6.18 Å². The number of rotatable bonds is 4. The Morgan fingerprint density at radius 3 is 2.29 bits per heavy atom. The third kappa shape index (κ3) is 7.53. The van der Waals surface area contributed by atoms with E-state index < -0.39 is 11.7 Å². The van der Waals surface area contributed by atoms with Gasteiger partial charge in [-0.25, -0.2) is 4.98 Å². The number of carbonyl (C=O) groups excluding carboxylic acids is 1.